The molecule has 6 heteroatoms. The van der Waals surface area contributed by atoms with Crippen LogP contribution in [0, 0.1) is 17.6 Å². The van der Waals surface area contributed by atoms with E-state index in [1.54, 1.807) is 0 Å². The number of nitrogens with two attached hydrogens (primary N) is 1. The summed E-state index contributed by atoms with van der Waals surface area (Å²) in [7, 11) is 0. The van der Waals surface area contributed by atoms with E-state index in [0.717, 1.165) is 24.3 Å². The monoisotopic (exact) mass is 284 g/mol. The first-order valence-corrected chi connectivity index (χ1v) is 6.21. The molecule has 0 fully saturated rings. The highest BCUT2D eigenvalue weighted by Crippen LogP contribution is 2.13. The summed E-state index contributed by atoms with van der Waals surface area (Å²) in [6.45, 7) is 4.01. The molecular formula is C14H18F2N2O2. The van der Waals surface area contributed by atoms with Crippen molar-refractivity contribution in [2.24, 2.45) is 11.8 Å². The minimum atomic E-state index is -0.723. The molecule has 0 bridgehead atoms. The molecule has 1 rings (SSSR count). The Hall–Kier alpha value is -1.79. The number of benzene rings is 1. The third-order valence-corrected chi connectivity index (χ3v) is 2.80. The summed E-state index contributed by atoms with van der Waals surface area (Å²) in [5, 5.41) is 2.55. The standard InChI is InChI=1S/C14H18F2N2O2/c1-9(2)13(20-17)8-18-14(19)7-6-10-11(15)4-3-5-12(10)16/h3-7,9,13H,8,17H2,1-2H3,(H,18,19)/b7-6+. The molecule has 0 spiro atoms. The van der Waals surface area contributed by atoms with Crippen LogP contribution in [0.1, 0.15) is 19.4 Å². The Morgan fingerprint density at radius 2 is 2.00 bits per heavy atom. The Morgan fingerprint density at radius 3 is 2.50 bits per heavy atom. The highest BCUT2D eigenvalue weighted by molar-refractivity contribution is 5.91. The van der Waals surface area contributed by atoms with Gasteiger partial charge in [0.15, 0.2) is 0 Å². The molecule has 0 heterocycles. The van der Waals surface area contributed by atoms with E-state index in [2.05, 4.69) is 5.32 Å². The number of nitrogens with one attached hydrogen (secondary N) is 1. The first-order valence-electron chi connectivity index (χ1n) is 6.21. The number of rotatable bonds is 6. The summed E-state index contributed by atoms with van der Waals surface area (Å²) in [5.74, 6) is 3.31. The topological polar surface area (TPSA) is 64.3 Å². The summed E-state index contributed by atoms with van der Waals surface area (Å²) in [4.78, 5) is 16.2. The van der Waals surface area contributed by atoms with Crippen molar-refractivity contribution in [3.8, 4) is 0 Å². The van der Waals surface area contributed by atoms with Gasteiger partial charge in [0, 0.05) is 18.2 Å². The van der Waals surface area contributed by atoms with Crippen molar-refractivity contribution in [3.05, 3.63) is 41.5 Å². The van der Waals surface area contributed by atoms with E-state index in [-0.39, 0.29) is 24.1 Å². The van der Waals surface area contributed by atoms with E-state index < -0.39 is 17.5 Å². The second-order valence-corrected chi connectivity index (χ2v) is 4.63. The quantitative estimate of drug-likeness (QED) is 0.620. The molecule has 3 N–H and O–H groups in total. The van der Waals surface area contributed by atoms with Crippen LogP contribution < -0.4 is 11.2 Å². The average Bonchev–Trinajstić information content (AvgIpc) is 2.38. The van der Waals surface area contributed by atoms with Crippen LogP contribution in [0.5, 0.6) is 0 Å². The van der Waals surface area contributed by atoms with Crippen molar-refractivity contribution in [2.75, 3.05) is 6.54 Å². The molecular weight excluding hydrogens is 266 g/mol. The molecule has 20 heavy (non-hydrogen) atoms. The van der Waals surface area contributed by atoms with Crippen molar-refractivity contribution >= 4 is 12.0 Å². The fourth-order valence-corrected chi connectivity index (χ4v) is 1.53. The Balaban J connectivity index is 2.60. The third kappa shape index (κ3) is 4.71. The highest BCUT2D eigenvalue weighted by atomic mass is 19.1. The molecule has 1 amide bonds. The zero-order valence-corrected chi connectivity index (χ0v) is 11.4. The van der Waals surface area contributed by atoms with Gasteiger partial charge in [-0.15, -0.1) is 0 Å². The van der Waals surface area contributed by atoms with Gasteiger partial charge in [0.2, 0.25) is 5.91 Å². The van der Waals surface area contributed by atoms with Gasteiger partial charge >= 0.3 is 0 Å². The summed E-state index contributed by atoms with van der Waals surface area (Å²) < 4.78 is 26.6. The minimum Gasteiger partial charge on any atom is -0.350 e. The smallest absolute Gasteiger partial charge is 0.244 e. The second kappa shape index (κ2) is 7.72. The van der Waals surface area contributed by atoms with Crippen LogP contribution >= 0.6 is 0 Å². The van der Waals surface area contributed by atoms with Crippen molar-refractivity contribution in [1.82, 2.24) is 5.32 Å². The van der Waals surface area contributed by atoms with Gasteiger partial charge in [-0.25, -0.2) is 14.7 Å². The van der Waals surface area contributed by atoms with E-state index in [1.165, 1.54) is 6.07 Å². The van der Waals surface area contributed by atoms with Crippen molar-refractivity contribution in [1.29, 1.82) is 0 Å². The zero-order valence-electron chi connectivity index (χ0n) is 11.4. The van der Waals surface area contributed by atoms with E-state index >= 15 is 0 Å². The van der Waals surface area contributed by atoms with E-state index in [1.807, 2.05) is 13.8 Å². The highest BCUT2D eigenvalue weighted by Gasteiger charge is 2.13. The van der Waals surface area contributed by atoms with E-state index in [4.69, 9.17) is 10.7 Å². The Bertz CT molecular complexity index is 470. The van der Waals surface area contributed by atoms with E-state index in [0.29, 0.717) is 0 Å². The fourth-order valence-electron chi connectivity index (χ4n) is 1.53. The average molecular weight is 284 g/mol. The van der Waals surface area contributed by atoms with Gasteiger partial charge in [0.05, 0.1) is 6.10 Å². The molecule has 1 aromatic rings. The molecule has 0 aromatic heterocycles. The van der Waals surface area contributed by atoms with Crippen LogP contribution in [0.25, 0.3) is 6.08 Å². The van der Waals surface area contributed by atoms with Crippen molar-refractivity contribution < 1.29 is 18.4 Å². The first kappa shape index (κ1) is 16.3. The van der Waals surface area contributed by atoms with Crippen molar-refractivity contribution in [2.45, 2.75) is 20.0 Å². The lowest BCUT2D eigenvalue weighted by atomic mass is 10.1. The lowest BCUT2D eigenvalue weighted by Crippen LogP contribution is -2.37. The molecule has 1 atom stereocenters. The van der Waals surface area contributed by atoms with Gasteiger partial charge in [-0.2, -0.15) is 0 Å². The van der Waals surface area contributed by atoms with Crippen LogP contribution in [0.3, 0.4) is 0 Å². The fraction of sp³-hybridized carbons (Fsp3) is 0.357. The first-order chi connectivity index (χ1) is 9.45. The second-order valence-electron chi connectivity index (χ2n) is 4.63. The van der Waals surface area contributed by atoms with E-state index in [9.17, 15) is 13.6 Å². The summed E-state index contributed by atoms with van der Waals surface area (Å²) >= 11 is 0. The Morgan fingerprint density at radius 1 is 1.40 bits per heavy atom. The van der Waals surface area contributed by atoms with Gasteiger partial charge < -0.3 is 5.32 Å². The number of carbonyl (C=O) groups excluding carboxylic acids is 1. The summed E-state index contributed by atoms with van der Waals surface area (Å²) in [5.41, 5.74) is -0.252. The van der Waals surface area contributed by atoms with Gasteiger partial charge in [0.1, 0.15) is 11.6 Å². The van der Waals surface area contributed by atoms with Crippen molar-refractivity contribution in [3.63, 3.8) is 0 Å². The lowest BCUT2D eigenvalue weighted by Gasteiger charge is -2.17. The van der Waals surface area contributed by atoms with Gasteiger partial charge in [-0.05, 0) is 24.1 Å². The van der Waals surface area contributed by atoms with Crippen LogP contribution in [-0.2, 0) is 9.63 Å². The number of hydrogen-bond donors (Lipinski definition) is 2. The maximum absolute atomic E-state index is 13.3. The molecule has 0 aliphatic carbocycles. The SMILES string of the molecule is CC(C)C(CNC(=O)/C=C/c1c(F)cccc1F)ON. The molecule has 1 unspecified atom stereocenters. The number of halogens is 2. The third-order valence-electron chi connectivity index (χ3n) is 2.80. The Labute approximate surface area is 116 Å². The molecule has 1 aromatic carbocycles. The van der Waals surface area contributed by atoms with Crippen LogP contribution in [0.2, 0.25) is 0 Å². The van der Waals surface area contributed by atoms with Crippen LogP contribution in [0.15, 0.2) is 24.3 Å². The van der Waals surface area contributed by atoms with Crippen LogP contribution in [-0.4, -0.2) is 18.6 Å². The predicted octanol–water partition coefficient (Wildman–Crippen LogP) is 2.01. The summed E-state index contributed by atoms with van der Waals surface area (Å²) in [6.07, 6.45) is 1.83. The maximum atomic E-state index is 13.3. The number of carbonyl (C=O) groups is 1. The zero-order chi connectivity index (χ0) is 15.1. The van der Waals surface area contributed by atoms with Gasteiger partial charge in [-0.1, -0.05) is 19.9 Å². The number of amides is 1. The van der Waals surface area contributed by atoms with Gasteiger partial charge in [0.25, 0.3) is 0 Å². The molecule has 0 saturated heterocycles. The molecule has 110 valence electrons. The summed E-state index contributed by atoms with van der Waals surface area (Å²) in [6, 6.07) is 3.50. The molecule has 0 saturated carbocycles. The van der Waals surface area contributed by atoms with Crippen LogP contribution in [0.4, 0.5) is 8.78 Å². The number of hydrogen-bond acceptors (Lipinski definition) is 3. The van der Waals surface area contributed by atoms with Gasteiger partial charge in [-0.3, -0.25) is 9.63 Å². The maximum Gasteiger partial charge on any atom is 0.244 e. The lowest BCUT2D eigenvalue weighted by molar-refractivity contribution is -0.117. The Kier molecular flexibility index (Phi) is 6.27. The largest absolute Gasteiger partial charge is 0.350 e. The molecule has 0 aliphatic rings. The normalized spacial score (nSPS) is 12.9. The molecule has 4 nitrogen and oxygen atoms in total. The minimum absolute atomic E-state index is 0.133. The molecule has 0 aliphatic heterocycles. The molecule has 0 radical (unpaired) electrons. The predicted molar refractivity (Wildman–Crippen MR) is 72.3 cm³/mol.